The molecule has 2 fully saturated rings. The van der Waals surface area contributed by atoms with E-state index in [1.54, 1.807) is 0 Å². The number of rotatable bonds is 3. The third kappa shape index (κ3) is 3.17. The molecule has 2 bridgehead atoms. The Labute approximate surface area is 121 Å². The summed E-state index contributed by atoms with van der Waals surface area (Å²) in [6, 6.07) is 0. The van der Waals surface area contributed by atoms with Gasteiger partial charge in [0.05, 0.1) is 0 Å². The van der Waals surface area contributed by atoms with Gasteiger partial charge in [-0.25, -0.2) is 0 Å². The molecule has 0 radical (unpaired) electrons. The van der Waals surface area contributed by atoms with Crippen molar-refractivity contribution in [2.45, 2.75) is 66.5 Å². The highest BCUT2D eigenvalue weighted by Gasteiger charge is 2.56. The van der Waals surface area contributed by atoms with E-state index in [9.17, 15) is 13.2 Å². The SMILES string of the molecule is CC(C)C1C2CC(CCC(F)(F)F)C(C2)C1C(C)(C)C. The van der Waals surface area contributed by atoms with Gasteiger partial charge in [-0.1, -0.05) is 34.6 Å². The summed E-state index contributed by atoms with van der Waals surface area (Å²) in [5.41, 5.74) is 0.214. The number of hydrogen-bond acceptors (Lipinski definition) is 0. The Morgan fingerprint density at radius 3 is 2.10 bits per heavy atom. The summed E-state index contributed by atoms with van der Waals surface area (Å²) in [7, 11) is 0. The number of hydrogen-bond donors (Lipinski definition) is 0. The Kier molecular flexibility index (Phi) is 4.21. The van der Waals surface area contributed by atoms with Gasteiger partial charge in [-0.3, -0.25) is 0 Å². The van der Waals surface area contributed by atoms with Crippen molar-refractivity contribution in [1.82, 2.24) is 0 Å². The molecule has 5 atom stereocenters. The van der Waals surface area contributed by atoms with Gasteiger partial charge in [0, 0.05) is 6.42 Å². The van der Waals surface area contributed by atoms with E-state index >= 15 is 0 Å². The van der Waals surface area contributed by atoms with Crippen LogP contribution in [0.25, 0.3) is 0 Å². The van der Waals surface area contributed by atoms with Crippen LogP contribution in [0.5, 0.6) is 0 Å². The smallest absolute Gasteiger partial charge is 0.171 e. The van der Waals surface area contributed by atoms with Gasteiger partial charge < -0.3 is 0 Å². The molecule has 20 heavy (non-hydrogen) atoms. The molecule has 3 heteroatoms. The van der Waals surface area contributed by atoms with Crippen LogP contribution in [-0.4, -0.2) is 6.18 Å². The van der Waals surface area contributed by atoms with E-state index < -0.39 is 12.6 Å². The second-order valence-corrected chi connectivity index (χ2v) is 8.52. The van der Waals surface area contributed by atoms with E-state index in [1.165, 1.54) is 6.42 Å². The highest BCUT2D eigenvalue weighted by Crippen LogP contribution is 2.63. The van der Waals surface area contributed by atoms with Crippen molar-refractivity contribution >= 4 is 0 Å². The molecule has 0 aromatic rings. The van der Waals surface area contributed by atoms with E-state index in [1.807, 2.05) is 0 Å². The fourth-order valence-electron chi connectivity index (χ4n) is 5.39. The average Bonchev–Trinajstić information content (AvgIpc) is 2.80. The van der Waals surface area contributed by atoms with Crippen LogP contribution in [0.15, 0.2) is 0 Å². The zero-order chi connectivity index (χ0) is 15.3. The minimum absolute atomic E-state index is 0.214. The highest BCUT2D eigenvalue weighted by molar-refractivity contribution is 5.04. The molecular formula is C17H29F3. The van der Waals surface area contributed by atoms with Crippen LogP contribution in [0.3, 0.4) is 0 Å². The first-order chi connectivity index (χ1) is 9.00. The summed E-state index contributed by atoms with van der Waals surface area (Å²) in [6.07, 6.45) is -2.02. The minimum atomic E-state index is -3.99. The number of fused-ring (bicyclic) bond motifs is 2. The van der Waals surface area contributed by atoms with Crippen LogP contribution in [-0.2, 0) is 0 Å². The quantitative estimate of drug-likeness (QED) is 0.605. The molecule has 2 aliphatic carbocycles. The number of alkyl halides is 3. The Morgan fingerprint density at radius 2 is 1.65 bits per heavy atom. The summed E-state index contributed by atoms with van der Waals surface area (Å²) in [6.45, 7) is 11.4. The van der Waals surface area contributed by atoms with Crippen LogP contribution >= 0.6 is 0 Å². The second-order valence-electron chi connectivity index (χ2n) is 8.52. The highest BCUT2D eigenvalue weighted by atomic mass is 19.4. The molecule has 0 aromatic heterocycles. The van der Waals surface area contributed by atoms with Gasteiger partial charge in [0.2, 0.25) is 0 Å². The van der Waals surface area contributed by atoms with E-state index in [0.717, 1.165) is 6.42 Å². The molecule has 0 N–H and O–H groups in total. The fraction of sp³-hybridized carbons (Fsp3) is 1.00. The fourth-order valence-corrected chi connectivity index (χ4v) is 5.39. The molecule has 2 aliphatic rings. The van der Waals surface area contributed by atoms with Crippen molar-refractivity contribution in [3.8, 4) is 0 Å². The molecule has 0 aliphatic heterocycles. The van der Waals surface area contributed by atoms with Crippen LogP contribution in [0.1, 0.15) is 60.3 Å². The summed E-state index contributed by atoms with van der Waals surface area (Å²) in [5, 5.41) is 0. The molecule has 0 heterocycles. The van der Waals surface area contributed by atoms with Gasteiger partial charge in [-0.15, -0.1) is 0 Å². The molecule has 2 rings (SSSR count). The van der Waals surface area contributed by atoms with Gasteiger partial charge in [-0.05, 0) is 60.2 Å². The summed E-state index contributed by atoms with van der Waals surface area (Å²) < 4.78 is 37.5. The largest absolute Gasteiger partial charge is 0.389 e. The maximum absolute atomic E-state index is 12.5. The molecule has 2 saturated carbocycles. The molecule has 5 unspecified atom stereocenters. The topological polar surface area (TPSA) is 0 Å². The number of halogens is 3. The van der Waals surface area contributed by atoms with E-state index in [-0.39, 0.29) is 5.41 Å². The van der Waals surface area contributed by atoms with Gasteiger partial charge in [-0.2, -0.15) is 13.2 Å². The monoisotopic (exact) mass is 290 g/mol. The van der Waals surface area contributed by atoms with Gasteiger partial charge >= 0.3 is 6.18 Å². The summed E-state index contributed by atoms with van der Waals surface area (Å²) >= 11 is 0. The lowest BCUT2D eigenvalue weighted by Crippen LogP contribution is -2.39. The lowest BCUT2D eigenvalue weighted by atomic mass is 9.60. The van der Waals surface area contributed by atoms with Crippen LogP contribution in [0.4, 0.5) is 13.2 Å². The first kappa shape index (κ1) is 16.2. The first-order valence-corrected chi connectivity index (χ1v) is 8.07. The minimum Gasteiger partial charge on any atom is -0.171 e. The Hall–Kier alpha value is -0.210. The second kappa shape index (κ2) is 5.21. The lowest BCUT2D eigenvalue weighted by Gasteiger charge is -2.45. The maximum atomic E-state index is 12.5. The zero-order valence-corrected chi connectivity index (χ0v) is 13.4. The average molecular weight is 290 g/mol. The molecule has 0 spiro atoms. The summed E-state index contributed by atoms with van der Waals surface area (Å²) in [5.74, 6) is 3.46. The van der Waals surface area contributed by atoms with Gasteiger partial charge in [0.15, 0.2) is 0 Å². The van der Waals surface area contributed by atoms with E-state index in [0.29, 0.717) is 41.9 Å². The summed E-state index contributed by atoms with van der Waals surface area (Å²) in [4.78, 5) is 0. The van der Waals surface area contributed by atoms with E-state index in [2.05, 4.69) is 34.6 Å². The molecule has 0 aromatic carbocycles. The van der Waals surface area contributed by atoms with Crippen LogP contribution < -0.4 is 0 Å². The van der Waals surface area contributed by atoms with Crippen molar-refractivity contribution in [2.75, 3.05) is 0 Å². The molecule has 0 saturated heterocycles. The molecule has 0 amide bonds. The van der Waals surface area contributed by atoms with Crippen molar-refractivity contribution < 1.29 is 13.2 Å². The normalized spacial score (nSPS) is 38.0. The maximum Gasteiger partial charge on any atom is 0.389 e. The Balaban J connectivity index is 2.10. The lowest BCUT2D eigenvalue weighted by molar-refractivity contribution is -0.139. The van der Waals surface area contributed by atoms with E-state index in [4.69, 9.17) is 0 Å². The van der Waals surface area contributed by atoms with Crippen LogP contribution in [0, 0.1) is 40.9 Å². The van der Waals surface area contributed by atoms with Crippen molar-refractivity contribution in [2.24, 2.45) is 40.9 Å². The van der Waals surface area contributed by atoms with Crippen molar-refractivity contribution in [1.29, 1.82) is 0 Å². The molecule has 0 nitrogen and oxygen atoms in total. The zero-order valence-electron chi connectivity index (χ0n) is 13.4. The van der Waals surface area contributed by atoms with Crippen molar-refractivity contribution in [3.05, 3.63) is 0 Å². The predicted octanol–water partition coefficient (Wildman–Crippen LogP) is 5.92. The van der Waals surface area contributed by atoms with Gasteiger partial charge in [0.1, 0.15) is 0 Å². The predicted molar refractivity (Wildman–Crippen MR) is 76.3 cm³/mol. The third-order valence-electron chi connectivity index (χ3n) is 5.77. The van der Waals surface area contributed by atoms with Crippen LogP contribution in [0.2, 0.25) is 0 Å². The first-order valence-electron chi connectivity index (χ1n) is 8.07. The Morgan fingerprint density at radius 1 is 1.05 bits per heavy atom. The third-order valence-corrected chi connectivity index (χ3v) is 5.77. The van der Waals surface area contributed by atoms with Crippen molar-refractivity contribution in [3.63, 3.8) is 0 Å². The standard InChI is InChI=1S/C17H29F3/c1-10(2)14-12-8-11(6-7-17(18,19)20)13(9-12)15(14)16(3,4)5/h10-15H,6-9H2,1-5H3. The van der Waals surface area contributed by atoms with Gasteiger partial charge in [0.25, 0.3) is 0 Å². The molecule has 118 valence electrons. The molecular weight excluding hydrogens is 261 g/mol. The Bertz CT molecular complexity index is 337.